The van der Waals surface area contributed by atoms with Crippen molar-refractivity contribution in [1.29, 1.82) is 0 Å². The third kappa shape index (κ3) is 4.26. The summed E-state index contributed by atoms with van der Waals surface area (Å²) in [5.41, 5.74) is 4.43. The first-order valence-electron chi connectivity index (χ1n) is 10.2. The minimum absolute atomic E-state index is 0.124. The van der Waals surface area contributed by atoms with Crippen LogP contribution in [0.15, 0.2) is 90.5 Å². The average molecular weight is 441 g/mol. The number of nitrogens with zero attached hydrogens (tertiary/aromatic N) is 4. The van der Waals surface area contributed by atoms with Crippen molar-refractivity contribution in [2.24, 2.45) is 0 Å². The zero-order valence-electron chi connectivity index (χ0n) is 17.1. The number of imidazole rings is 1. The number of amides is 1. The molecule has 0 radical (unpaired) electrons. The van der Waals surface area contributed by atoms with E-state index in [4.69, 9.17) is 0 Å². The van der Waals surface area contributed by atoms with Crippen LogP contribution in [0.2, 0.25) is 0 Å². The van der Waals surface area contributed by atoms with Crippen LogP contribution in [0.25, 0.3) is 16.9 Å². The van der Waals surface area contributed by atoms with Gasteiger partial charge < -0.3 is 10.3 Å². The van der Waals surface area contributed by atoms with Gasteiger partial charge >= 0.3 is 0 Å². The van der Waals surface area contributed by atoms with Gasteiger partial charge in [-0.15, -0.1) is 0 Å². The second kappa shape index (κ2) is 9.07. The molecule has 0 aliphatic rings. The lowest BCUT2D eigenvalue weighted by molar-refractivity contribution is 0.0950. The van der Waals surface area contributed by atoms with Crippen molar-refractivity contribution in [3.05, 3.63) is 102 Å². The lowest BCUT2D eigenvalue weighted by Gasteiger charge is -2.12. The number of aromatic nitrogens is 5. The Labute approximate surface area is 188 Å². The van der Waals surface area contributed by atoms with Crippen LogP contribution < -0.4 is 5.32 Å². The molecule has 3 aromatic heterocycles. The predicted molar refractivity (Wildman–Crippen MR) is 125 cm³/mol. The zero-order chi connectivity index (χ0) is 21.8. The molecule has 0 aliphatic carbocycles. The Kier molecular flexibility index (Phi) is 5.67. The molecule has 0 spiro atoms. The molecule has 8 heteroatoms. The highest BCUT2D eigenvalue weighted by atomic mass is 32.2. The van der Waals surface area contributed by atoms with Crippen LogP contribution in [0.5, 0.6) is 0 Å². The molecule has 1 amide bonds. The summed E-state index contributed by atoms with van der Waals surface area (Å²) in [5, 5.41) is 8.10. The van der Waals surface area contributed by atoms with E-state index in [1.165, 1.54) is 0 Å². The summed E-state index contributed by atoms with van der Waals surface area (Å²) in [6.07, 6.45) is 5.25. The Hall–Kier alpha value is -3.91. The number of benzene rings is 2. The number of para-hydroxylation sites is 2. The number of carbonyl (C=O) groups excluding carboxylic acids is 1. The van der Waals surface area contributed by atoms with Gasteiger partial charge in [-0.05, 0) is 35.9 Å². The number of aromatic amines is 1. The molecule has 7 nitrogen and oxygen atoms in total. The highest BCUT2D eigenvalue weighted by molar-refractivity contribution is 7.98. The first-order chi connectivity index (χ1) is 15.8. The van der Waals surface area contributed by atoms with Crippen molar-refractivity contribution in [2.45, 2.75) is 17.5 Å². The molecule has 0 unspecified atom stereocenters. The minimum atomic E-state index is -0.124. The van der Waals surface area contributed by atoms with Gasteiger partial charge in [0.05, 0.1) is 11.0 Å². The summed E-state index contributed by atoms with van der Waals surface area (Å²) in [4.78, 5) is 25.3. The lowest BCUT2D eigenvalue weighted by Crippen LogP contribution is -2.24. The van der Waals surface area contributed by atoms with Crippen molar-refractivity contribution in [2.75, 3.05) is 0 Å². The smallest absolute Gasteiger partial charge is 0.251 e. The fraction of sp³-hybridized carbons (Fsp3) is 0.0833. The van der Waals surface area contributed by atoms with Crippen LogP contribution in [0.4, 0.5) is 0 Å². The van der Waals surface area contributed by atoms with Crippen LogP contribution in [-0.2, 0) is 12.3 Å². The average Bonchev–Trinajstić information content (AvgIpc) is 3.51. The molecule has 5 aromatic rings. The molecular weight excluding hydrogens is 420 g/mol. The van der Waals surface area contributed by atoms with Gasteiger partial charge in [-0.2, -0.15) is 5.10 Å². The summed E-state index contributed by atoms with van der Waals surface area (Å²) in [5.74, 6) is 1.21. The SMILES string of the molecule is O=C(NCc1cccnc1-n1cccn1)c1ccccc1CSc1nc2ccccc2[nH]1. The van der Waals surface area contributed by atoms with Gasteiger partial charge in [0.25, 0.3) is 5.91 Å². The van der Waals surface area contributed by atoms with Gasteiger partial charge in [0, 0.05) is 42.0 Å². The van der Waals surface area contributed by atoms with Crippen LogP contribution in [0.3, 0.4) is 0 Å². The maximum absolute atomic E-state index is 13.0. The molecule has 0 fully saturated rings. The first-order valence-corrected chi connectivity index (χ1v) is 11.1. The van der Waals surface area contributed by atoms with E-state index in [-0.39, 0.29) is 5.91 Å². The number of H-pyrrole nitrogens is 1. The van der Waals surface area contributed by atoms with E-state index in [0.29, 0.717) is 23.7 Å². The number of hydrogen-bond acceptors (Lipinski definition) is 5. The summed E-state index contributed by atoms with van der Waals surface area (Å²) < 4.78 is 1.69. The van der Waals surface area contributed by atoms with Gasteiger partial charge in [0.15, 0.2) is 11.0 Å². The number of pyridine rings is 1. The van der Waals surface area contributed by atoms with Gasteiger partial charge in [-0.25, -0.2) is 14.6 Å². The molecule has 0 aliphatic heterocycles. The van der Waals surface area contributed by atoms with E-state index in [0.717, 1.165) is 27.3 Å². The molecule has 2 aromatic carbocycles. The van der Waals surface area contributed by atoms with Gasteiger partial charge in [0.1, 0.15) is 0 Å². The molecule has 0 saturated heterocycles. The van der Waals surface area contributed by atoms with Crippen LogP contribution >= 0.6 is 11.8 Å². The van der Waals surface area contributed by atoms with E-state index in [1.54, 1.807) is 28.8 Å². The number of nitrogens with one attached hydrogen (secondary N) is 2. The van der Waals surface area contributed by atoms with Crippen molar-refractivity contribution in [1.82, 2.24) is 30.0 Å². The van der Waals surface area contributed by atoms with Crippen LogP contribution in [0.1, 0.15) is 21.5 Å². The van der Waals surface area contributed by atoms with E-state index in [1.807, 2.05) is 72.9 Å². The Morgan fingerprint density at radius 3 is 2.69 bits per heavy atom. The third-order valence-electron chi connectivity index (χ3n) is 5.02. The first kappa shape index (κ1) is 20.0. The number of fused-ring (bicyclic) bond motifs is 1. The van der Waals surface area contributed by atoms with Crippen LogP contribution in [0, 0.1) is 0 Å². The maximum atomic E-state index is 13.0. The second-order valence-electron chi connectivity index (χ2n) is 7.12. The molecule has 5 rings (SSSR count). The van der Waals surface area contributed by atoms with Gasteiger partial charge in [-0.1, -0.05) is 48.2 Å². The third-order valence-corrected chi connectivity index (χ3v) is 5.94. The number of carbonyl (C=O) groups is 1. The molecule has 2 N–H and O–H groups in total. The highest BCUT2D eigenvalue weighted by Gasteiger charge is 2.14. The van der Waals surface area contributed by atoms with E-state index in [9.17, 15) is 4.79 Å². The molecule has 3 heterocycles. The maximum Gasteiger partial charge on any atom is 0.251 e. The van der Waals surface area contributed by atoms with Crippen molar-refractivity contribution >= 4 is 28.7 Å². The Balaban J connectivity index is 1.29. The number of rotatable bonds is 7. The van der Waals surface area contributed by atoms with Crippen molar-refractivity contribution in [3.8, 4) is 5.82 Å². The fourth-order valence-electron chi connectivity index (χ4n) is 3.45. The van der Waals surface area contributed by atoms with Crippen molar-refractivity contribution < 1.29 is 4.79 Å². The molecule has 0 atom stereocenters. The monoisotopic (exact) mass is 440 g/mol. The highest BCUT2D eigenvalue weighted by Crippen LogP contribution is 2.24. The summed E-state index contributed by atoms with van der Waals surface area (Å²) in [6.45, 7) is 0.354. The second-order valence-corrected chi connectivity index (χ2v) is 8.09. The zero-order valence-corrected chi connectivity index (χ0v) is 17.9. The number of thioether (sulfide) groups is 1. The predicted octanol–water partition coefficient (Wildman–Crippen LogP) is 4.37. The summed E-state index contributed by atoms with van der Waals surface area (Å²) in [6, 6.07) is 21.2. The molecule has 32 heavy (non-hydrogen) atoms. The Bertz CT molecular complexity index is 1330. The Morgan fingerprint density at radius 2 is 1.81 bits per heavy atom. The van der Waals surface area contributed by atoms with Crippen molar-refractivity contribution in [3.63, 3.8) is 0 Å². The quantitative estimate of drug-likeness (QED) is 0.367. The lowest BCUT2D eigenvalue weighted by atomic mass is 10.1. The molecule has 158 valence electrons. The normalized spacial score (nSPS) is 11.0. The largest absolute Gasteiger partial charge is 0.348 e. The standard InChI is InChI=1S/C24H20N6OS/c31-23(26-15-17-8-5-12-25-22(17)30-14-6-13-27-30)19-9-2-1-7-18(19)16-32-24-28-20-10-3-4-11-21(20)29-24/h1-14H,15-16H2,(H,26,31)(H,28,29). The molecule has 0 saturated carbocycles. The van der Waals surface area contributed by atoms with E-state index < -0.39 is 0 Å². The molecular formula is C24H20N6OS. The van der Waals surface area contributed by atoms with Gasteiger partial charge in [-0.3, -0.25) is 4.79 Å². The Morgan fingerprint density at radius 1 is 0.969 bits per heavy atom. The van der Waals surface area contributed by atoms with Crippen LogP contribution in [-0.4, -0.2) is 30.6 Å². The number of hydrogen-bond donors (Lipinski definition) is 2. The van der Waals surface area contributed by atoms with E-state index in [2.05, 4.69) is 25.4 Å². The van der Waals surface area contributed by atoms with E-state index >= 15 is 0 Å². The summed E-state index contributed by atoms with van der Waals surface area (Å²) >= 11 is 1.58. The summed E-state index contributed by atoms with van der Waals surface area (Å²) in [7, 11) is 0. The molecule has 0 bridgehead atoms. The van der Waals surface area contributed by atoms with Gasteiger partial charge in [0.2, 0.25) is 0 Å². The topological polar surface area (TPSA) is 88.5 Å². The fourth-order valence-corrected chi connectivity index (χ4v) is 4.34. The minimum Gasteiger partial charge on any atom is -0.348 e.